The molecule has 1 aromatic carbocycles. The Morgan fingerprint density at radius 3 is 2.75 bits per heavy atom. The lowest BCUT2D eigenvalue weighted by Crippen LogP contribution is -2.31. The van der Waals surface area contributed by atoms with Gasteiger partial charge in [0.05, 0.1) is 18.8 Å². The summed E-state index contributed by atoms with van der Waals surface area (Å²) in [5.41, 5.74) is 0.330. The van der Waals surface area contributed by atoms with Gasteiger partial charge in [0.1, 0.15) is 0 Å². The normalized spacial score (nSPS) is 24.6. The van der Waals surface area contributed by atoms with E-state index < -0.39 is 11.6 Å². The maximum absolute atomic E-state index is 13.8. The number of halogens is 2. The van der Waals surface area contributed by atoms with Crippen LogP contribution in [0.2, 0.25) is 0 Å². The highest BCUT2D eigenvalue weighted by atomic mass is 19.2. The average molecular weight is 283 g/mol. The molecule has 1 aliphatic carbocycles. The van der Waals surface area contributed by atoms with Gasteiger partial charge in [0.25, 0.3) is 0 Å². The van der Waals surface area contributed by atoms with Crippen molar-refractivity contribution in [3.05, 3.63) is 35.4 Å². The van der Waals surface area contributed by atoms with E-state index >= 15 is 0 Å². The predicted octanol–water partition coefficient (Wildman–Crippen LogP) is 3.82. The van der Waals surface area contributed by atoms with Gasteiger partial charge in [0.2, 0.25) is 0 Å². The molecule has 0 amide bonds. The molecule has 2 nitrogen and oxygen atoms in total. The van der Waals surface area contributed by atoms with Crippen LogP contribution < -0.4 is 5.32 Å². The van der Waals surface area contributed by atoms with Crippen molar-refractivity contribution < 1.29 is 13.5 Å². The van der Waals surface area contributed by atoms with Gasteiger partial charge in [-0.1, -0.05) is 31.9 Å². The Morgan fingerprint density at radius 2 is 2.05 bits per heavy atom. The highest BCUT2D eigenvalue weighted by Gasteiger charge is 2.24. The van der Waals surface area contributed by atoms with Crippen LogP contribution in [0.4, 0.5) is 8.78 Å². The van der Waals surface area contributed by atoms with E-state index in [-0.39, 0.29) is 12.1 Å². The molecule has 0 aromatic heterocycles. The van der Waals surface area contributed by atoms with E-state index in [1.807, 2.05) is 0 Å². The van der Waals surface area contributed by atoms with Gasteiger partial charge in [-0.15, -0.1) is 0 Å². The lowest BCUT2D eigenvalue weighted by atomic mass is 9.88. The Kier molecular flexibility index (Phi) is 5.49. The number of hydrogen-bond donors (Lipinski definition) is 1. The SMILES string of the molecule is CNC(COC1CCCCC1C)c1cccc(F)c1F. The van der Waals surface area contributed by atoms with Crippen molar-refractivity contribution >= 4 is 0 Å². The van der Waals surface area contributed by atoms with E-state index in [2.05, 4.69) is 12.2 Å². The van der Waals surface area contributed by atoms with Crippen molar-refractivity contribution in [1.82, 2.24) is 5.32 Å². The minimum Gasteiger partial charge on any atom is -0.376 e. The second kappa shape index (κ2) is 7.14. The third-order valence-corrected chi connectivity index (χ3v) is 4.22. The first-order valence-corrected chi connectivity index (χ1v) is 7.36. The fourth-order valence-electron chi connectivity index (χ4n) is 2.87. The summed E-state index contributed by atoms with van der Waals surface area (Å²) in [5, 5.41) is 3.01. The summed E-state index contributed by atoms with van der Waals surface area (Å²) < 4.78 is 33.0. The molecule has 2 rings (SSSR count). The zero-order valence-electron chi connectivity index (χ0n) is 12.2. The molecule has 112 valence electrons. The summed E-state index contributed by atoms with van der Waals surface area (Å²) in [6, 6.07) is 3.95. The van der Waals surface area contributed by atoms with Gasteiger partial charge in [-0.2, -0.15) is 0 Å². The summed E-state index contributed by atoms with van der Waals surface area (Å²) in [4.78, 5) is 0. The number of nitrogens with one attached hydrogen (secondary N) is 1. The van der Waals surface area contributed by atoms with E-state index in [0.29, 0.717) is 18.1 Å². The molecular formula is C16H23F2NO. The van der Waals surface area contributed by atoms with Crippen LogP contribution in [0.1, 0.15) is 44.2 Å². The monoisotopic (exact) mass is 283 g/mol. The number of ether oxygens (including phenoxy) is 1. The third-order valence-electron chi connectivity index (χ3n) is 4.22. The van der Waals surface area contributed by atoms with E-state index in [0.717, 1.165) is 12.5 Å². The third kappa shape index (κ3) is 3.55. The molecule has 1 N–H and O–H groups in total. The molecule has 20 heavy (non-hydrogen) atoms. The second-order valence-electron chi connectivity index (χ2n) is 5.62. The summed E-state index contributed by atoms with van der Waals surface area (Å²) in [6.45, 7) is 2.56. The summed E-state index contributed by atoms with van der Waals surface area (Å²) in [6.07, 6.45) is 4.92. The van der Waals surface area contributed by atoms with Crippen molar-refractivity contribution in [3.63, 3.8) is 0 Å². The lowest BCUT2D eigenvalue weighted by molar-refractivity contribution is -0.0149. The van der Waals surface area contributed by atoms with Crippen LogP contribution in [0.3, 0.4) is 0 Å². The highest BCUT2D eigenvalue weighted by molar-refractivity contribution is 5.22. The summed E-state index contributed by atoms with van der Waals surface area (Å²) in [5.74, 6) is -1.06. The standard InChI is InChI=1S/C16H23F2NO/c1-11-6-3-4-9-15(11)20-10-14(19-2)12-7-5-8-13(17)16(12)18/h5,7-8,11,14-15,19H,3-4,6,9-10H2,1-2H3. The molecule has 0 heterocycles. The van der Waals surface area contributed by atoms with Crippen LogP contribution in [0, 0.1) is 17.6 Å². The second-order valence-corrected chi connectivity index (χ2v) is 5.62. The van der Waals surface area contributed by atoms with E-state index in [4.69, 9.17) is 4.74 Å². The Balaban J connectivity index is 2.00. The molecule has 0 saturated heterocycles. The van der Waals surface area contributed by atoms with Crippen LogP contribution in [0.25, 0.3) is 0 Å². The van der Waals surface area contributed by atoms with Gasteiger partial charge in [0, 0.05) is 5.56 Å². The van der Waals surface area contributed by atoms with E-state index in [9.17, 15) is 8.78 Å². The lowest BCUT2D eigenvalue weighted by Gasteiger charge is -2.30. The first kappa shape index (κ1) is 15.4. The predicted molar refractivity (Wildman–Crippen MR) is 75.5 cm³/mol. The zero-order chi connectivity index (χ0) is 14.5. The smallest absolute Gasteiger partial charge is 0.163 e. The maximum Gasteiger partial charge on any atom is 0.163 e. The molecule has 0 aliphatic heterocycles. The van der Waals surface area contributed by atoms with Crippen molar-refractivity contribution in [2.75, 3.05) is 13.7 Å². The van der Waals surface area contributed by atoms with Crippen molar-refractivity contribution in [2.24, 2.45) is 5.92 Å². The van der Waals surface area contributed by atoms with Gasteiger partial charge in [-0.3, -0.25) is 0 Å². The molecule has 3 unspecified atom stereocenters. The largest absolute Gasteiger partial charge is 0.376 e. The fourth-order valence-corrected chi connectivity index (χ4v) is 2.87. The van der Waals surface area contributed by atoms with E-state index in [1.165, 1.54) is 25.3 Å². The van der Waals surface area contributed by atoms with Crippen molar-refractivity contribution in [2.45, 2.75) is 44.8 Å². The minimum absolute atomic E-state index is 0.233. The fraction of sp³-hybridized carbons (Fsp3) is 0.625. The number of benzene rings is 1. The molecule has 0 radical (unpaired) electrons. The number of rotatable bonds is 5. The average Bonchev–Trinajstić information content (AvgIpc) is 2.45. The molecule has 3 atom stereocenters. The highest BCUT2D eigenvalue weighted by Crippen LogP contribution is 2.28. The molecule has 0 bridgehead atoms. The van der Waals surface area contributed by atoms with Crippen LogP contribution in [0.15, 0.2) is 18.2 Å². The van der Waals surface area contributed by atoms with Gasteiger partial charge >= 0.3 is 0 Å². The molecule has 1 saturated carbocycles. The summed E-state index contributed by atoms with van der Waals surface area (Å²) >= 11 is 0. The molecular weight excluding hydrogens is 260 g/mol. The Hall–Kier alpha value is -1.00. The van der Waals surface area contributed by atoms with Gasteiger partial charge in [-0.25, -0.2) is 8.78 Å². The molecule has 4 heteroatoms. The zero-order valence-corrected chi connectivity index (χ0v) is 12.2. The Morgan fingerprint density at radius 1 is 1.30 bits per heavy atom. The van der Waals surface area contributed by atoms with Crippen LogP contribution in [0.5, 0.6) is 0 Å². The molecule has 0 spiro atoms. The minimum atomic E-state index is -0.811. The van der Waals surface area contributed by atoms with Crippen LogP contribution in [-0.4, -0.2) is 19.8 Å². The number of hydrogen-bond acceptors (Lipinski definition) is 2. The Labute approximate surface area is 119 Å². The quantitative estimate of drug-likeness (QED) is 0.887. The number of likely N-dealkylation sites (N-methyl/N-ethyl adjacent to an activating group) is 1. The molecule has 1 aromatic rings. The van der Waals surface area contributed by atoms with Crippen molar-refractivity contribution in [3.8, 4) is 0 Å². The van der Waals surface area contributed by atoms with Gasteiger partial charge in [-0.05, 0) is 31.9 Å². The van der Waals surface area contributed by atoms with Gasteiger partial charge in [0.15, 0.2) is 11.6 Å². The van der Waals surface area contributed by atoms with Crippen LogP contribution >= 0.6 is 0 Å². The molecule has 1 fully saturated rings. The maximum atomic E-state index is 13.8. The van der Waals surface area contributed by atoms with Gasteiger partial charge < -0.3 is 10.1 Å². The van der Waals surface area contributed by atoms with E-state index in [1.54, 1.807) is 13.1 Å². The molecule has 1 aliphatic rings. The van der Waals surface area contributed by atoms with Crippen molar-refractivity contribution in [1.29, 1.82) is 0 Å². The first-order valence-electron chi connectivity index (χ1n) is 7.36. The Bertz CT molecular complexity index is 438. The first-order chi connectivity index (χ1) is 9.63. The topological polar surface area (TPSA) is 21.3 Å². The summed E-state index contributed by atoms with van der Waals surface area (Å²) in [7, 11) is 1.74. The van der Waals surface area contributed by atoms with Crippen LogP contribution in [-0.2, 0) is 4.74 Å².